The van der Waals surface area contributed by atoms with Crippen molar-refractivity contribution in [3.05, 3.63) is 99.3 Å². The van der Waals surface area contributed by atoms with Crippen molar-refractivity contribution < 1.29 is 14.7 Å². The van der Waals surface area contributed by atoms with Crippen molar-refractivity contribution in [3.63, 3.8) is 0 Å². The third kappa shape index (κ3) is 3.47. The number of aryl methyl sites for hydroxylation is 1. The fourth-order valence-electron chi connectivity index (χ4n) is 3.57. The van der Waals surface area contributed by atoms with Gasteiger partial charge in [-0.1, -0.05) is 47.5 Å². The molecule has 0 radical (unpaired) electrons. The zero-order chi connectivity index (χ0) is 21.4. The molecule has 1 N–H and O–H groups in total. The summed E-state index contributed by atoms with van der Waals surface area (Å²) in [5.41, 5.74) is 2.15. The Hall–Kier alpha value is -3.15. The van der Waals surface area contributed by atoms with Crippen LogP contribution in [0.3, 0.4) is 0 Å². The molecule has 1 fully saturated rings. The first-order valence-electron chi connectivity index (χ1n) is 9.11. The number of carbonyl (C=O) groups excluding carboxylic acids is 2. The first kappa shape index (κ1) is 20.1. The summed E-state index contributed by atoms with van der Waals surface area (Å²) >= 11 is 12.2. The van der Waals surface area contributed by atoms with E-state index in [1.807, 2.05) is 6.92 Å². The molecule has 4 rings (SSSR count). The van der Waals surface area contributed by atoms with Crippen LogP contribution in [0.2, 0.25) is 10.0 Å². The topological polar surface area (TPSA) is 70.5 Å². The molecule has 1 saturated heterocycles. The van der Waals surface area contributed by atoms with E-state index in [2.05, 4.69) is 4.98 Å². The number of carbonyl (C=O) groups is 2. The Kier molecular flexibility index (Phi) is 5.33. The summed E-state index contributed by atoms with van der Waals surface area (Å²) in [6.07, 6.45) is 3.16. The second-order valence-electron chi connectivity index (χ2n) is 6.90. The minimum atomic E-state index is -0.866. The van der Waals surface area contributed by atoms with Crippen LogP contribution in [0.25, 0.3) is 5.76 Å². The standard InChI is InChI=1S/C23H16Cl2N2O3/c1-13-7-8-17(25)11-18(13)27-20(15-5-3-9-26-12-15)19(22(29)23(27)30)21(28)14-4-2-6-16(24)10-14/h2-12,20,28H,1H3/b21-19+. The molecule has 5 nitrogen and oxygen atoms in total. The number of ketones is 1. The summed E-state index contributed by atoms with van der Waals surface area (Å²) in [5, 5.41) is 11.9. The molecule has 1 aliphatic rings. The van der Waals surface area contributed by atoms with Crippen LogP contribution in [0.4, 0.5) is 5.69 Å². The Morgan fingerprint density at radius 1 is 1.03 bits per heavy atom. The number of aliphatic hydroxyl groups excluding tert-OH is 1. The molecule has 2 heterocycles. The van der Waals surface area contributed by atoms with E-state index in [1.54, 1.807) is 60.9 Å². The van der Waals surface area contributed by atoms with Crippen molar-refractivity contribution in [3.8, 4) is 0 Å². The van der Waals surface area contributed by atoms with Crippen LogP contribution in [-0.4, -0.2) is 21.8 Å². The number of pyridine rings is 1. The predicted molar refractivity (Wildman–Crippen MR) is 117 cm³/mol. The summed E-state index contributed by atoms with van der Waals surface area (Å²) < 4.78 is 0. The van der Waals surface area contributed by atoms with Gasteiger partial charge >= 0.3 is 0 Å². The van der Waals surface area contributed by atoms with Crippen LogP contribution in [0.5, 0.6) is 0 Å². The number of rotatable bonds is 3. The van der Waals surface area contributed by atoms with Crippen molar-refractivity contribution >= 4 is 46.3 Å². The predicted octanol–water partition coefficient (Wildman–Crippen LogP) is 5.32. The van der Waals surface area contributed by atoms with Crippen LogP contribution in [0, 0.1) is 6.92 Å². The van der Waals surface area contributed by atoms with Gasteiger partial charge in [0, 0.05) is 33.7 Å². The van der Waals surface area contributed by atoms with Crippen LogP contribution in [0.1, 0.15) is 22.7 Å². The summed E-state index contributed by atoms with van der Waals surface area (Å²) in [6.45, 7) is 1.82. The lowest BCUT2D eigenvalue weighted by Gasteiger charge is -2.26. The lowest BCUT2D eigenvalue weighted by Crippen LogP contribution is -2.30. The number of aromatic nitrogens is 1. The zero-order valence-electron chi connectivity index (χ0n) is 15.8. The van der Waals surface area contributed by atoms with E-state index in [0.717, 1.165) is 5.56 Å². The van der Waals surface area contributed by atoms with Crippen LogP contribution >= 0.6 is 23.2 Å². The molecule has 1 aromatic heterocycles. The Labute approximate surface area is 183 Å². The second kappa shape index (κ2) is 7.94. The van der Waals surface area contributed by atoms with E-state index in [4.69, 9.17) is 23.2 Å². The van der Waals surface area contributed by atoms with Gasteiger partial charge in [0.15, 0.2) is 0 Å². The molecule has 1 atom stereocenters. The van der Waals surface area contributed by atoms with E-state index in [-0.39, 0.29) is 11.3 Å². The number of anilines is 1. The molecule has 0 spiro atoms. The van der Waals surface area contributed by atoms with E-state index >= 15 is 0 Å². The highest BCUT2D eigenvalue weighted by Gasteiger charge is 2.47. The molecule has 0 bridgehead atoms. The van der Waals surface area contributed by atoms with Crippen molar-refractivity contribution in [2.45, 2.75) is 13.0 Å². The SMILES string of the molecule is Cc1ccc(Cl)cc1N1C(=O)C(=O)/C(=C(/O)c2cccc(Cl)c2)C1c1cccnc1. The van der Waals surface area contributed by atoms with Gasteiger partial charge in [0.05, 0.1) is 11.6 Å². The van der Waals surface area contributed by atoms with E-state index in [9.17, 15) is 14.7 Å². The number of benzene rings is 2. The highest BCUT2D eigenvalue weighted by Crippen LogP contribution is 2.43. The maximum absolute atomic E-state index is 13.1. The third-order valence-corrected chi connectivity index (χ3v) is 5.44. The number of aliphatic hydroxyl groups is 1. The molecule has 7 heteroatoms. The Morgan fingerprint density at radius 2 is 1.80 bits per heavy atom. The van der Waals surface area contributed by atoms with E-state index in [1.165, 1.54) is 11.0 Å². The molecule has 150 valence electrons. The van der Waals surface area contributed by atoms with Crippen LogP contribution in [-0.2, 0) is 9.59 Å². The minimum Gasteiger partial charge on any atom is -0.507 e. The number of hydrogen-bond acceptors (Lipinski definition) is 4. The van der Waals surface area contributed by atoms with Crippen molar-refractivity contribution in [1.82, 2.24) is 4.98 Å². The minimum absolute atomic E-state index is 0.0327. The molecule has 0 aliphatic carbocycles. The zero-order valence-corrected chi connectivity index (χ0v) is 17.4. The fraction of sp³-hybridized carbons (Fsp3) is 0.0870. The molecular weight excluding hydrogens is 423 g/mol. The fourth-order valence-corrected chi connectivity index (χ4v) is 3.92. The normalized spacial score (nSPS) is 18.1. The molecule has 2 aromatic carbocycles. The second-order valence-corrected chi connectivity index (χ2v) is 7.77. The average molecular weight is 439 g/mol. The Bertz CT molecular complexity index is 1190. The van der Waals surface area contributed by atoms with E-state index in [0.29, 0.717) is 26.9 Å². The van der Waals surface area contributed by atoms with Gasteiger partial charge in [-0.2, -0.15) is 0 Å². The molecule has 1 unspecified atom stereocenters. The quantitative estimate of drug-likeness (QED) is 0.341. The molecule has 1 amide bonds. The molecule has 0 saturated carbocycles. The highest BCUT2D eigenvalue weighted by molar-refractivity contribution is 6.52. The van der Waals surface area contributed by atoms with Gasteiger partial charge in [0.2, 0.25) is 0 Å². The summed E-state index contributed by atoms with van der Waals surface area (Å²) in [4.78, 5) is 31.7. The number of hydrogen-bond donors (Lipinski definition) is 1. The number of amides is 1. The molecule has 1 aliphatic heterocycles. The summed E-state index contributed by atoms with van der Waals surface area (Å²) in [5.74, 6) is -1.84. The first-order valence-corrected chi connectivity index (χ1v) is 9.87. The summed E-state index contributed by atoms with van der Waals surface area (Å²) in [6, 6.07) is 14.2. The smallest absolute Gasteiger partial charge is 0.300 e. The van der Waals surface area contributed by atoms with Gasteiger partial charge in [0.1, 0.15) is 5.76 Å². The van der Waals surface area contributed by atoms with Crippen molar-refractivity contribution in [1.29, 1.82) is 0 Å². The van der Waals surface area contributed by atoms with Crippen LogP contribution in [0.15, 0.2) is 72.6 Å². The molecule has 3 aromatic rings. The number of nitrogens with zero attached hydrogens (tertiary/aromatic N) is 2. The molecular formula is C23H16Cl2N2O3. The summed E-state index contributed by atoms with van der Waals surface area (Å²) in [7, 11) is 0. The highest BCUT2D eigenvalue weighted by atomic mass is 35.5. The van der Waals surface area contributed by atoms with Gasteiger partial charge < -0.3 is 5.11 Å². The van der Waals surface area contributed by atoms with Gasteiger partial charge in [-0.25, -0.2) is 0 Å². The number of Topliss-reactive ketones (excluding diaryl/α,β-unsaturated/α-hetero) is 1. The van der Waals surface area contributed by atoms with Gasteiger partial charge in [-0.15, -0.1) is 0 Å². The van der Waals surface area contributed by atoms with Gasteiger partial charge in [-0.05, 0) is 48.4 Å². The van der Waals surface area contributed by atoms with E-state index < -0.39 is 17.7 Å². The number of halogens is 2. The maximum atomic E-state index is 13.1. The maximum Gasteiger partial charge on any atom is 0.300 e. The lowest BCUT2D eigenvalue weighted by molar-refractivity contribution is -0.132. The van der Waals surface area contributed by atoms with Gasteiger partial charge in [-0.3, -0.25) is 19.5 Å². The van der Waals surface area contributed by atoms with Crippen LogP contribution < -0.4 is 4.90 Å². The van der Waals surface area contributed by atoms with Gasteiger partial charge in [0.25, 0.3) is 11.7 Å². The lowest BCUT2D eigenvalue weighted by atomic mass is 9.96. The Morgan fingerprint density at radius 3 is 2.50 bits per heavy atom. The molecule has 30 heavy (non-hydrogen) atoms. The average Bonchev–Trinajstić information content (AvgIpc) is 3.00. The monoisotopic (exact) mass is 438 g/mol. The van der Waals surface area contributed by atoms with Crippen molar-refractivity contribution in [2.75, 3.05) is 4.90 Å². The first-order chi connectivity index (χ1) is 14.4. The third-order valence-electron chi connectivity index (χ3n) is 4.97. The Balaban J connectivity index is 1.99. The van der Waals surface area contributed by atoms with Crippen molar-refractivity contribution in [2.24, 2.45) is 0 Å². The largest absolute Gasteiger partial charge is 0.507 e.